The van der Waals surface area contributed by atoms with E-state index in [1.54, 1.807) is 6.92 Å². The SMILES string of the molecule is C#C[C](C)c1ccc(F)c(F)c1. The molecule has 0 saturated carbocycles. The fourth-order valence-corrected chi connectivity index (χ4v) is 0.813. The molecule has 0 spiro atoms. The highest BCUT2D eigenvalue weighted by atomic mass is 19.2. The summed E-state index contributed by atoms with van der Waals surface area (Å²) in [5, 5.41) is 0. The van der Waals surface area contributed by atoms with Gasteiger partial charge in [-0.3, -0.25) is 0 Å². The Bertz CT molecular complexity index is 323. The maximum atomic E-state index is 12.6. The summed E-state index contributed by atoms with van der Waals surface area (Å²) in [6, 6.07) is 3.60. The van der Waals surface area contributed by atoms with E-state index in [4.69, 9.17) is 6.42 Å². The third kappa shape index (κ3) is 1.62. The van der Waals surface area contributed by atoms with Gasteiger partial charge in [0.15, 0.2) is 11.6 Å². The normalized spacial score (nSPS) is 9.92. The van der Waals surface area contributed by atoms with Crippen molar-refractivity contribution in [3.63, 3.8) is 0 Å². The van der Waals surface area contributed by atoms with E-state index < -0.39 is 11.6 Å². The van der Waals surface area contributed by atoms with Gasteiger partial charge in [0.25, 0.3) is 0 Å². The van der Waals surface area contributed by atoms with Gasteiger partial charge in [-0.1, -0.05) is 12.0 Å². The highest BCUT2D eigenvalue weighted by molar-refractivity contribution is 5.39. The van der Waals surface area contributed by atoms with Crippen molar-refractivity contribution in [3.8, 4) is 12.3 Å². The largest absolute Gasteiger partial charge is 0.204 e. The highest BCUT2D eigenvalue weighted by Crippen LogP contribution is 2.15. The average Bonchev–Trinajstić information content (AvgIpc) is 2.08. The van der Waals surface area contributed by atoms with E-state index in [1.807, 2.05) is 0 Å². The van der Waals surface area contributed by atoms with Crippen LogP contribution in [0.15, 0.2) is 18.2 Å². The van der Waals surface area contributed by atoms with Gasteiger partial charge in [-0.25, -0.2) is 8.78 Å². The van der Waals surface area contributed by atoms with Crippen LogP contribution in [0.2, 0.25) is 0 Å². The molecule has 2 heteroatoms. The molecule has 0 amide bonds. The predicted molar refractivity (Wildman–Crippen MR) is 43.2 cm³/mol. The number of terminal acetylenes is 1. The first kappa shape index (κ1) is 8.73. The Morgan fingerprint density at radius 1 is 1.33 bits per heavy atom. The first-order valence-electron chi connectivity index (χ1n) is 3.40. The quantitative estimate of drug-likeness (QED) is 0.561. The van der Waals surface area contributed by atoms with Gasteiger partial charge in [-0.2, -0.15) is 0 Å². The summed E-state index contributed by atoms with van der Waals surface area (Å²) >= 11 is 0. The molecular weight excluding hydrogens is 158 g/mol. The zero-order valence-electron chi connectivity index (χ0n) is 6.57. The lowest BCUT2D eigenvalue weighted by molar-refractivity contribution is 0.508. The maximum Gasteiger partial charge on any atom is 0.159 e. The van der Waals surface area contributed by atoms with Crippen LogP contribution >= 0.6 is 0 Å². The summed E-state index contributed by atoms with van der Waals surface area (Å²) in [7, 11) is 0. The molecule has 0 aromatic heterocycles. The summed E-state index contributed by atoms with van der Waals surface area (Å²) in [4.78, 5) is 0. The molecule has 0 aliphatic heterocycles. The lowest BCUT2D eigenvalue weighted by Crippen LogP contribution is -1.93. The third-order valence-corrected chi connectivity index (χ3v) is 1.57. The van der Waals surface area contributed by atoms with Gasteiger partial charge in [0.1, 0.15) is 0 Å². The Morgan fingerprint density at radius 3 is 2.50 bits per heavy atom. The fourth-order valence-electron chi connectivity index (χ4n) is 0.813. The van der Waals surface area contributed by atoms with Crippen LogP contribution in [0.1, 0.15) is 12.5 Å². The smallest absolute Gasteiger partial charge is 0.159 e. The summed E-state index contributed by atoms with van der Waals surface area (Å²) < 4.78 is 25.0. The van der Waals surface area contributed by atoms with Gasteiger partial charge in [0.05, 0.1) is 5.92 Å². The molecule has 0 bridgehead atoms. The Morgan fingerprint density at radius 2 is 2.00 bits per heavy atom. The van der Waals surface area contributed by atoms with Crippen molar-refractivity contribution in [2.45, 2.75) is 6.92 Å². The molecule has 12 heavy (non-hydrogen) atoms. The first-order chi connectivity index (χ1) is 5.65. The van der Waals surface area contributed by atoms with Crippen LogP contribution in [-0.2, 0) is 0 Å². The lowest BCUT2D eigenvalue weighted by Gasteiger charge is -2.02. The van der Waals surface area contributed by atoms with E-state index in [1.165, 1.54) is 6.07 Å². The average molecular weight is 165 g/mol. The van der Waals surface area contributed by atoms with Crippen molar-refractivity contribution in [1.82, 2.24) is 0 Å². The molecule has 0 atom stereocenters. The second-order valence-electron chi connectivity index (χ2n) is 2.40. The van der Waals surface area contributed by atoms with Gasteiger partial charge in [-0.05, 0) is 24.6 Å². The number of rotatable bonds is 1. The molecule has 1 rings (SSSR count). The van der Waals surface area contributed by atoms with Gasteiger partial charge in [0, 0.05) is 0 Å². The molecular formula is C10H7F2. The lowest BCUT2D eigenvalue weighted by atomic mass is 10.0. The monoisotopic (exact) mass is 165 g/mol. The molecule has 61 valence electrons. The standard InChI is InChI=1S/C10H7F2/c1-3-7(2)8-4-5-9(11)10(12)6-8/h1,4-6H,2H3. The van der Waals surface area contributed by atoms with Crippen molar-refractivity contribution < 1.29 is 8.78 Å². The van der Waals surface area contributed by atoms with E-state index in [2.05, 4.69) is 5.92 Å². The van der Waals surface area contributed by atoms with Crippen LogP contribution in [-0.4, -0.2) is 0 Å². The summed E-state index contributed by atoms with van der Waals surface area (Å²) in [5.74, 6) is 1.22. The van der Waals surface area contributed by atoms with Crippen molar-refractivity contribution in [2.24, 2.45) is 0 Å². The Labute approximate surface area is 70.2 Å². The van der Waals surface area contributed by atoms with Crippen molar-refractivity contribution in [1.29, 1.82) is 0 Å². The van der Waals surface area contributed by atoms with Crippen molar-refractivity contribution >= 4 is 0 Å². The number of halogens is 2. The van der Waals surface area contributed by atoms with Gasteiger partial charge in [0.2, 0.25) is 0 Å². The molecule has 0 saturated heterocycles. The third-order valence-electron chi connectivity index (χ3n) is 1.57. The van der Waals surface area contributed by atoms with E-state index >= 15 is 0 Å². The molecule has 0 fully saturated rings. The Hall–Kier alpha value is -1.36. The van der Waals surface area contributed by atoms with E-state index in [0.717, 1.165) is 12.1 Å². The van der Waals surface area contributed by atoms with E-state index in [9.17, 15) is 8.78 Å². The zero-order valence-corrected chi connectivity index (χ0v) is 6.57. The second-order valence-corrected chi connectivity index (χ2v) is 2.40. The molecule has 0 nitrogen and oxygen atoms in total. The summed E-state index contributed by atoms with van der Waals surface area (Å²) in [5.41, 5.74) is 0.538. The fraction of sp³-hybridized carbons (Fsp3) is 0.100. The topological polar surface area (TPSA) is 0 Å². The minimum atomic E-state index is -0.873. The van der Waals surface area contributed by atoms with Crippen molar-refractivity contribution in [2.75, 3.05) is 0 Å². The van der Waals surface area contributed by atoms with Crippen LogP contribution in [0.4, 0.5) is 8.78 Å². The number of hydrogen-bond donors (Lipinski definition) is 0. The number of benzene rings is 1. The van der Waals surface area contributed by atoms with Gasteiger partial charge < -0.3 is 0 Å². The zero-order chi connectivity index (χ0) is 9.14. The molecule has 0 unspecified atom stereocenters. The van der Waals surface area contributed by atoms with Crippen LogP contribution < -0.4 is 0 Å². The predicted octanol–water partition coefficient (Wildman–Crippen LogP) is 2.54. The van der Waals surface area contributed by atoms with Crippen LogP contribution in [0.25, 0.3) is 0 Å². The second kappa shape index (κ2) is 3.36. The van der Waals surface area contributed by atoms with Crippen LogP contribution in [0.5, 0.6) is 0 Å². The first-order valence-corrected chi connectivity index (χ1v) is 3.40. The molecule has 0 heterocycles. The highest BCUT2D eigenvalue weighted by Gasteiger charge is 2.06. The summed E-state index contributed by atoms with van der Waals surface area (Å²) in [6.07, 6.45) is 5.09. The molecule has 0 N–H and O–H groups in total. The van der Waals surface area contributed by atoms with Gasteiger partial charge >= 0.3 is 0 Å². The summed E-state index contributed by atoms with van der Waals surface area (Å²) in [6.45, 7) is 1.67. The molecule has 0 aliphatic carbocycles. The minimum absolute atomic E-state index is 0.538. The van der Waals surface area contributed by atoms with Crippen LogP contribution in [0, 0.1) is 29.9 Å². The van der Waals surface area contributed by atoms with E-state index in [-0.39, 0.29) is 0 Å². The molecule has 1 radical (unpaired) electrons. The Balaban J connectivity index is 3.06. The molecule has 1 aromatic carbocycles. The molecule has 1 aromatic rings. The van der Waals surface area contributed by atoms with Gasteiger partial charge in [-0.15, -0.1) is 6.42 Å². The minimum Gasteiger partial charge on any atom is -0.204 e. The van der Waals surface area contributed by atoms with Crippen molar-refractivity contribution in [3.05, 3.63) is 41.3 Å². The maximum absolute atomic E-state index is 12.6. The van der Waals surface area contributed by atoms with Crippen LogP contribution in [0.3, 0.4) is 0 Å². The number of hydrogen-bond acceptors (Lipinski definition) is 0. The molecule has 0 aliphatic rings. The van der Waals surface area contributed by atoms with E-state index in [0.29, 0.717) is 11.5 Å². The Kier molecular flexibility index (Phi) is 2.44.